The van der Waals surface area contributed by atoms with Crippen LogP contribution in [0.3, 0.4) is 0 Å². The molecule has 0 radical (unpaired) electrons. The van der Waals surface area contributed by atoms with Gasteiger partial charge in [0.2, 0.25) is 0 Å². The number of anilines is 1. The van der Waals surface area contributed by atoms with Crippen LogP contribution in [0.15, 0.2) is 36.4 Å². The molecule has 0 heterocycles. The lowest BCUT2D eigenvalue weighted by molar-refractivity contribution is -0.384. The van der Waals surface area contributed by atoms with Crippen molar-refractivity contribution >= 4 is 39.9 Å². The van der Waals surface area contributed by atoms with Gasteiger partial charge in [-0.1, -0.05) is 0 Å². The first-order valence-electron chi connectivity index (χ1n) is 5.59. The molecule has 0 aliphatic rings. The third kappa shape index (κ3) is 3.32. The van der Waals surface area contributed by atoms with Gasteiger partial charge in [-0.2, -0.15) is 0 Å². The van der Waals surface area contributed by atoms with Crippen molar-refractivity contribution in [2.75, 3.05) is 5.32 Å². The molecule has 2 rings (SSSR count). The Kier molecular flexibility index (Phi) is 4.46. The molecule has 2 aromatic carbocycles. The predicted molar refractivity (Wildman–Crippen MR) is 80.1 cm³/mol. The van der Waals surface area contributed by atoms with E-state index in [0.29, 0.717) is 6.07 Å². The predicted octanol–water partition coefficient (Wildman–Crippen LogP) is 3.73. The van der Waals surface area contributed by atoms with E-state index in [2.05, 4.69) is 0 Å². The molecular weight excluding hydrogens is 397 g/mol. The van der Waals surface area contributed by atoms with Crippen LogP contribution in [0, 0.1) is 25.3 Å². The van der Waals surface area contributed by atoms with Crippen LogP contribution in [0.5, 0.6) is 0 Å². The quantitative estimate of drug-likeness (QED) is 0.482. The highest BCUT2D eigenvalue weighted by molar-refractivity contribution is 14.1. The summed E-state index contributed by atoms with van der Waals surface area (Å²) in [4.78, 5) is 21.9. The molecule has 0 spiro atoms. The maximum Gasteiger partial charge on any atom is 0.296 e. The van der Waals surface area contributed by atoms with Gasteiger partial charge >= 0.3 is 0 Å². The summed E-state index contributed by atoms with van der Waals surface area (Å²) in [5.41, 5.74) is -1.33. The number of nitrogens with one attached hydrogen (secondary N) is 1. The fourth-order valence-electron chi connectivity index (χ4n) is 1.60. The fraction of sp³-hybridized carbons (Fsp3) is 0. The molecule has 0 aromatic heterocycles. The van der Waals surface area contributed by atoms with E-state index >= 15 is 0 Å². The summed E-state index contributed by atoms with van der Waals surface area (Å²) in [6, 6.07) is 7.66. The largest absolute Gasteiger partial charge is 0.314 e. The van der Waals surface area contributed by atoms with Crippen molar-refractivity contribution in [2.45, 2.75) is 0 Å². The van der Waals surface area contributed by atoms with Crippen molar-refractivity contribution < 1.29 is 18.5 Å². The first-order valence-corrected chi connectivity index (χ1v) is 6.67. The van der Waals surface area contributed by atoms with E-state index in [-0.39, 0.29) is 5.56 Å². The summed E-state index contributed by atoms with van der Waals surface area (Å²) in [5, 5.41) is 12.9. The highest BCUT2D eigenvalue weighted by Crippen LogP contribution is 2.29. The van der Waals surface area contributed by atoms with E-state index in [1.165, 1.54) is 12.1 Å². The molecule has 1 N–H and O–H groups in total. The first kappa shape index (κ1) is 15.3. The molecule has 2 aromatic rings. The Balaban J connectivity index is 2.38. The molecule has 0 atom stereocenters. The van der Waals surface area contributed by atoms with Gasteiger partial charge in [0.05, 0.1) is 4.92 Å². The zero-order valence-electron chi connectivity index (χ0n) is 10.3. The summed E-state index contributed by atoms with van der Waals surface area (Å²) in [7, 11) is 0. The normalized spacial score (nSPS) is 10.2. The topological polar surface area (TPSA) is 72.2 Å². The van der Waals surface area contributed by atoms with Gasteiger partial charge < -0.3 is 5.32 Å². The lowest BCUT2D eigenvalue weighted by Crippen LogP contribution is -2.15. The fourth-order valence-corrected chi connectivity index (χ4v) is 1.96. The molecule has 0 saturated carbocycles. The molecule has 108 valence electrons. The molecule has 1 amide bonds. The van der Waals surface area contributed by atoms with Gasteiger partial charge in [0, 0.05) is 15.2 Å². The van der Waals surface area contributed by atoms with Crippen LogP contribution >= 0.6 is 22.6 Å². The summed E-state index contributed by atoms with van der Waals surface area (Å²) < 4.78 is 27.7. The second-order valence-corrected chi connectivity index (χ2v) is 5.22. The van der Waals surface area contributed by atoms with Gasteiger partial charge in [-0.15, -0.1) is 0 Å². The molecule has 8 heteroatoms. The van der Waals surface area contributed by atoms with Gasteiger partial charge in [0.25, 0.3) is 11.6 Å². The monoisotopic (exact) mass is 404 g/mol. The number of rotatable bonds is 3. The zero-order valence-corrected chi connectivity index (χ0v) is 12.4. The average molecular weight is 404 g/mol. The van der Waals surface area contributed by atoms with E-state index in [9.17, 15) is 23.7 Å². The van der Waals surface area contributed by atoms with Crippen LogP contribution in [0.1, 0.15) is 10.4 Å². The van der Waals surface area contributed by atoms with E-state index in [1.54, 1.807) is 12.1 Å². The van der Waals surface area contributed by atoms with Gasteiger partial charge in [0.1, 0.15) is 0 Å². The maximum absolute atomic E-state index is 13.7. The number of nitro groups is 1. The number of hydrogen-bond acceptors (Lipinski definition) is 3. The highest BCUT2D eigenvalue weighted by atomic mass is 127. The second kappa shape index (κ2) is 6.12. The standard InChI is InChI=1S/C13H7F2IN2O3/c14-9-5-6-10(18(20)21)12(11(9)15)17-13(19)7-1-3-8(16)4-2-7/h1-6H,(H,17,19). The molecule has 0 aliphatic carbocycles. The molecular formula is C13H7F2IN2O3. The number of nitro benzene ring substituents is 1. The molecule has 21 heavy (non-hydrogen) atoms. The number of carbonyl (C=O) groups is 1. The summed E-state index contributed by atoms with van der Waals surface area (Å²) in [6.45, 7) is 0. The van der Waals surface area contributed by atoms with Crippen molar-refractivity contribution in [2.24, 2.45) is 0 Å². The lowest BCUT2D eigenvalue weighted by Gasteiger charge is -2.07. The Bertz CT molecular complexity index is 720. The highest BCUT2D eigenvalue weighted by Gasteiger charge is 2.23. The Hall–Kier alpha value is -2.10. The van der Waals surface area contributed by atoms with Crippen LogP contribution in [-0.2, 0) is 0 Å². The smallest absolute Gasteiger partial charge is 0.296 e. The van der Waals surface area contributed by atoms with Crippen molar-refractivity contribution in [1.82, 2.24) is 0 Å². The van der Waals surface area contributed by atoms with Crippen LogP contribution in [-0.4, -0.2) is 10.8 Å². The van der Waals surface area contributed by atoms with Crippen LogP contribution in [0.4, 0.5) is 20.2 Å². The summed E-state index contributed by atoms with van der Waals surface area (Å²) in [5.74, 6) is -3.51. The zero-order chi connectivity index (χ0) is 15.6. The maximum atomic E-state index is 13.7. The van der Waals surface area contributed by atoms with Crippen LogP contribution in [0.25, 0.3) is 0 Å². The van der Waals surface area contributed by atoms with Gasteiger partial charge in [-0.05, 0) is 52.9 Å². The van der Waals surface area contributed by atoms with Crippen molar-refractivity contribution in [1.29, 1.82) is 0 Å². The molecule has 0 saturated heterocycles. The second-order valence-electron chi connectivity index (χ2n) is 3.97. The number of nitrogens with zero attached hydrogens (tertiary/aromatic N) is 1. The third-order valence-corrected chi connectivity index (χ3v) is 3.33. The van der Waals surface area contributed by atoms with Crippen molar-refractivity contribution in [3.63, 3.8) is 0 Å². The van der Waals surface area contributed by atoms with E-state index in [4.69, 9.17) is 0 Å². The number of halogens is 3. The van der Waals surface area contributed by atoms with E-state index in [0.717, 1.165) is 9.64 Å². The molecule has 0 bridgehead atoms. The number of carbonyl (C=O) groups excluding carboxylic acids is 1. The Morgan fingerprint density at radius 3 is 2.33 bits per heavy atom. The van der Waals surface area contributed by atoms with Crippen molar-refractivity contribution in [3.8, 4) is 0 Å². The minimum Gasteiger partial charge on any atom is -0.314 e. The SMILES string of the molecule is O=C(Nc1c([N+](=O)[O-])ccc(F)c1F)c1ccc(I)cc1. The minimum atomic E-state index is -1.47. The Labute approximate surface area is 131 Å². The number of benzene rings is 2. The third-order valence-electron chi connectivity index (χ3n) is 2.61. The van der Waals surface area contributed by atoms with Gasteiger partial charge in [-0.25, -0.2) is 8.78 Å². The number of hydrogen-bond donors (Lipinski definition) is 1. The molecule has 0 aliphatic heterocycles. The van der Waals surface area contributed by atoms with Crippen molar-refractivity contribution in [3.05, 3.63) is 67.3 Å². The minimum absolute atomic E-state index is 0.174. The first-order chi connectivity index (χ1) is 9.90. The summed E-state index contributed by atoms with van der Waals surface area (Å²) >= 11 is 2.04. The lowest BCUT2D eigenvalue weighted by atomic mass is 10.2. The molecule has 0 fully saturated rings. The van der Waals surface area contributed by atoms with Crippen LogP contribution < -0.4 is 5.32 Å². The molecule has 5 nitrogen and oxygen atoms in total. The van der Waals surface area contributed by atoms with Gasteiger partial charge in [-0.3, -0.25) is 14.9 Å². The number of amides is 1. The Morgan fingerprint density at radius 2 is 1.76 bits per heavy atom. The van der Waals surface area contributed by atoms with E-state index < -0.39 is 33.8 Å². The van der Waals surface area contributed by atoms with Crippen LogP contribution in [0.2, 0.25) is 0 Å². The van der Waals surface area contributed by atoms with E-state index in [1.807, 2.05) is 27.9 Å². The Morgan fingerprint density at radius 1 is 1.14 bits per heavy atom. The molecule has 0 unspecified atom stereocenters. The van der Waals surface area contributed by atoms with Gasteiger partial charge in [0.15, 0.2) is 17.3 Å². The average Bonchev–Trinajstić information content (AvgIpc) is 2.44. The summed E-state index contributed by atoms with van der Waals surface area (Å²) in [6.07, 6.45) is 0.